The van der Waals surface area contributed by atoms with Crippen molar-refractivity contribution in [2.75, 3.05) is 33.9 Å². The number of morpholine rings is 1. The molecule has 4 nitrogen and oxygen atoms in total. The fourth-order valence-corrected chi connectivity index (χ4v) is 2.30. The van der Waals surface area contributed by atoms with E-state index in [2.05, 4.69) is 5.32 Å². The Morgan fingerprint density at radius 3 is 2.53 bits per heavy atom. The quantitative estimate of drug-likeness (QED) is 0.911. The van der Waals surface area contributed by atoms with Gasteiger partial charge in [-0.15, -0.1) is 0 Å². The molecular formula is C14H20FNO3. The van der Waals surface area contributed by atoms with Crippen molar-refractivity contribution >= 4 is 0 Å². The van der Waals surface area contributed by atoms with Gasteiger partial charge in [-0.2, -0.15) is 0 Å². The van der Waals surface area contributed by atoms with Crippen LogP contribution >= 0.6 is 0 Å². The molecule has 1 heterocycles. The first-order chi connectivity index (χ1) is 9.17. The van der Waals surface area contributed by atoms with Gasteiger partial charge in [-0.25, -0.2) is 4.39 Å². The Hall–Kier alpha value is -1.33. The van der Waals surface area contributed by atoms with E-state index in [1.807, 2.05) is 6.07 Å². The summed E-state index contributed by atoms with van der Waals surface area (Å²) in [6.07, 6.45) is -1.23. The minimum atomic E-state index is -1.08. The second-order valence-corrected chi connectivity index (χ2v) is 4.52. The van der Waals surface area contributed by atoms with Crippen LogP contribution in [0.4, 0.5) is 4.39 Å². The van der Waals surface area contributed by atoms with Gasteiger partial charge in [-0.3, -0.25) is 0 Å². The molecule has 106 valence electrons. The molecule has 1 aliphatic heterocycles. The molecule has 0 spiro atoms. The van der Waals surface area contributed by atoms with Crippen molar-refractivity contribution in [1.29, 1.82) is 0 Å². The van der Waals surface area contributed by atoms with Crippen LogP contribution in [0.3, 0.4) is 0 Å². The molecule has 0 saturated carbocycles. The summed E-state index contributed by atoms with van der Waals surface area (Å²) in [4.78, 5) is 0. The second kappa shape index (κ2) is 6.21. The molecule has 1 aliphatic rings. The monoisotopic (exact) mass is 269 g/mol. The number of ether oxygens (including phenoxy) is 3. The fourth-order valence-electron chi connectivity index (χ4n) is 2.30. The van der Waals surface area contributed by atoms with Crippen LogP contribution < -0.4 is 14.8 Å². The summed E-state index contributed by atoms with van der Waals surface area (Å²) in [7, 11) is 3.11. The zero-order valence-corrected chi connectivity index (χ0v) is 11.5. The largest absolute Gasteiger partial charge is 0.493 e. The van der Waals surface area contributed by atoms with Crippen molar-refractivity contribution in [3.8, 4) is 11.5 Å². The second-order valence-electron chi connectivity index (χ2n) is 4.52. The van der Waals surface area contributed by atoms with E-state index in [4.69, 9.17) is 14.2 Å². The predicted octanol–water partition coefficient (Wildman–Crippen LogP) is 2.40. The number of hydrogen-bond donors (Lipinski definition) is 1. The molecule has 0 bridgehead atoms. The smallest absolute Gasteiger partial charge is 0.161 e. The van der Waals surface area contributed by atoms with Crippen LogP contribution in [0.1, 0.15) is 30.3 Å². The lowest BCUT2D eigenvalue weighted by Crippen LogP contribution is -2.33. The van der Waals surface area contributed by atoms with Crippen molar-refractivity contribution in [1.82, 2.24) is 5.32 Å². The minimum absolute atomic E-state index is 0.151. The van der Waals surface area contributed by atoms with E-state index < -0.39 is 6.17 Å². The van der Waals surface area contributed by atoms with Gasteiger partial charge >= 0.3 is 0 Å². The number of nitrogens with one attached hydrogen (secondary N) is 1. The highest BCUT2D eigenvalue weighted by atomic mass is 19.1. The molecule has 5 heteroatoms. The first-order valence-electron chi connectivity index (χ1n) is 6.39. The summed E-state index contributed by atoms with van der Waals surface area (Å²) < 4.78 is 30.0. The average molecular weight is 269 g/mol. The van der Waals surface area contributed by atoms with Crippen LogP contribution in [0, 0.1) is 0 Å². The fraction of sp³-hybridized carbons (Fsp3) is 0.571. The molecule has 0 aliphatic carbocycles. The minimum Gasteiger partial charge on any atom is -0.493 e. The molecule has 0 amide bonds. The van der Waals surface area contributed by atoms with Crippen LogP contribution in [-0.4, -0.2) is 33.9 Å². The number of halogens is 1. The Morgan fingerprint density at radius 1 is 1.32 bits per heavy atom. The van der Waals surface area contributed by atoms with Crippen molar-refractivity contribution in [2.45, 2.75) is 19.2 Å². The number of hydrogen-bond acceptors (Lipinski definition) is 4. The number of benzene rings is 1. The molecule has 1 N–H and O–H groups in total. The van der Waals surface area contributed by atoms with Crippen molar-refractivity contribution < 1.29 is 18.6 Å². The molecule has 0 radical (unpaired) electrons. The van der Waals surface area contributed by atoms with E-state index in [0.717, 1.165) is 12.1 Å². The number of alkyl halides is 1. The highest BCUT2D eigenvalue weighted by molar-refractivity contribution is 5.49. The molecule has 1 aromatic carbocycles. The van der Waals surface area contributed by atoms with Gasteiger partial charge < -0.3 is 19.5 Å². The third-order valence-corrected chi connectivity index (χ3v) is 3.29. The summed E-state index contributed by atoms with van der Waals surface area (Å²) >= 11 is 0. The van der Waals surface area contributed by atoms with E-state index in [1.165, 1.54) is 6.92 Å². The van der Waals surface area contributed by atoms with E-state index in [-0.39, 0.29) is 6.10 Å². The van der Waals surface area contributed by atoms with Gasteiger partial charge in [0.1, 0.15) is 6.17 Å². The Labute approximate surface area is 112 Å². The van der Waals surface area contributed by atoms with Crippen molar-refractivity contribution in [3.05, 3.63) is 23.3 Å². The predicted molar refractivity (Wildman–Crippen MR) is 70.6 cm³/mol. The highest BCUT2D eigenvalue weighted by Gasteiger charge is 2.24. The molecule has 19 heavy (non-hydrogen) atoms. The summed E-state index contributed by atoms with van der Waals surface area (Å²) in [5, 5.41) is 3.25. The molecule has 1 fully saturated rings. The van der Waals surface area contributed by atoms with Crippen LogP contribution in [0.25, 0.3) is 0 Å². The van der Waals surface area contributed by atoms with Gasteiger partial charge in [-0.1, -0.05) is 0 Å². The summed E-state index contributed by atoms with van der Waals surface area (Å²) in [6.45, 7) is 3.64. The maximum absolute atomic E-state index is 13.8. The maximum atomic E-state index is 13.8. The van der Waals surface area contributed by atoms with Gasteiger partial charge in [0.2, 0.25) is 0 Å². The maximum Gasteiger partial charge on any atom is 0.161 e. The van der Waals surface area contributed by atoms with E-state index >= 15 is 0 Å². The molecular weight excluding hydrogens is 249 g/mol. The summed E-state index contributed by atoms with van der Waals surface area (Å²) in [5.74, 6) is 1.13. The van der Waals surface area contributed by atoms with Crippen LogP contribution in [0.2, 0.25) is 0 Å². The van der Waals surface area contributed by atoms with E-state index in [0.29, 0.717) is 30.2 Å². The molecule has 2 atom stereocenters. The molecule has 2 rings (SSSR count). The lowest BCUT2D eigenvalue weighted by atomic mass is 9.97. The third kappa shape index (κ3) is 2.98. The van der Waals surface area contributed by atoms with Gasteiger partial charge in [-0.05, 0) is 30.2 Å². The first kappa shape index (κ1) is 14.1. The third-order valence-electron chi connectivity index (χ3n) is 3.29. The van der Waals surface area contributed by atoms with Gasteiger partial charge in [0.25, 0.3) is 0 Å². The zero-order chi connectivity index (χ0) is 13.8. The summed E-state index contributed by atoms with van der Waals surface area (Å²) in [5.41, 5.74) is 1.41. The van der Waals surface area contributed by atoms with Crippen molar-refractivity contribution in [3.63, 3.8) is 0 Å². The normalized spacial score (nSPS) is 20.9. The van der Waals surface area contributed by atoms with Gasteiger partial charge in [0, 0.05) is 13.1 Å². The molecule has 2 unspecified atom stereocenters. The Balaban J connectivity index is 2.43. The van der Waals surface area contributed by atoms with Crippen LogP contribution in [0.5, 0.6) is 11.5 Å². The topological polar surface area (TPSA) is 39.7 Å². The standard InChI is InChI=1S/C14H20FNO3/c1-9(15)10-6-12(17-2)13(18-3)7-11(10)14-8-16-4-5-19-14/h6-7,9,14,16H,4-5,8H2,1-3H3. The molecule has 0 aromatic heterocycles. The highest BCUT2D eigenvalue weighted by Crippen LogP contribution is 2.38. The van der Waals surface area contributed by atoms with Crippen LogP contribution in [0.15, 0.2) is 12.1 Å². The van der Waals surface area contributed by atoms with E-state index in [1.54, 1.807) is 20.3 Å². The Kier molecular flexibility index (Phi) is 4.61. The Morgan fingerprint density at radius 2 is 2.00 bits per heavy atom. The summed E-state index contributed by atoms with van der Waals surface area (Å²) in [6, 6.07) is 3.50. The van der Waals surface area contributed by atoms with Crippen LogP contribution in [-0.2, 0) is 4.74 Å². The zero-order valence-electron chi connectivity index (χ0n) is 11.5. The van der Waals surface area contributed by atoms with Gasteiger partial charge in [0.15, 0.2) is 11.5 Å². The molecule has 1 aromatic rings. The lowest BCUT2D eigenvalue weighted by molar-refractivity contribution is 0.0263. The number of rotatable bonds is 4. The van der Waals surface area contributed by atoms with Crippen molar-refractivity contribution in [2.24, 2.45) is 0 Å². The van der Waals surface area contributed by atoms with Gasteiger partial charge in [0.05, 0.1) is 26.9 Å². The SMILES string of the molecule is COc1cc(C(C)F)c(C2CNCCO2)cc1OC. The average Bonchev–Trinajstić information content (AvgIpc) is 2.46. The Bertz CT molecular complexity index is 431. The molecule has 1 saturated heterocycles. The lowest BCUT2D eigenvalue weighted by Gasteiger charge is -2.27. The number of methoxy groups -OCH3 is 2. The first-order valence-corrected chi connectivity index (χ1v) is 6.39. The van der Waals surface area contributed by atoms with E-state index in [9.17, 15) is 4.39 Å².